The zero-order valence-electron chi connectivity index (χ0n) is 12.6. The molecule has 1 aromatic heterocycles. The number of fused-ring (bicyclic) bond motifs is 1. The Morgan fingerprint density at radius 3 is 2.42 bits per heavy atom. The Labute approximate surface area is 156 Å². The summed E-state index contributed by atoms with van der Waals surface area (Å²) in [6.07, 6.45) is 0. The second-order valence-corrected chi connectivity index (χ2v) is 7.12. The Balaban J connectivity index is 1.95. The van der Waals surface area contributed by atoms with Crippen molar-refractivity contribution in [3.8, 4) is 5.69 Å². The molecule has 0 spiro atoms. The molecule has 0 aliphatic rings. The molecule has 4 aromatic rings. The van der Waals surface area contributed by atoms with Gasteiger partial charge in [0.25, 0.3) is 0 Å². The molecule has 5 heteroatoms. The molecule has 0 fully saturated rings. The second kappa shape index (κ2) is 6.42. The van der Waals surface area contributed by atoms with Crippen molar-refractivity contribution in [3.63, 3.8) is 0 Å². The number of para-hydroxylation sites is 3. The van der Waals surface area contributed by atoms with Gasteiger partial charge in [0.05, 0.1) is 16.7 Å². The van der Waals surface area contributed by atoms with Gasteiger partial charge in [-0.25, -0.2) is 4.98 Å². The van der Waals surface area contributed by atoms with Crippen LogP contribution in [-0.4, -0.2) is 9.55 Å². The van der Waals surface area contributed by atoms with E-state index in [1.165, 1.54) is 0 Å². The van der Waals surface area contributed by atoms with E-state index >= 15 is 0 Å². The molecule has 4 rings (SSSR count). The smallest absolute Gasteiger partial charge is 0.213 e. The summed E-state index contributed by atoms with van der Waals surface area (Å²) in [5.74, 6) is 0.779. The lowest BCUT2D eigenvalue weighted by Crippen LogP contribution is -2.02. The first-order valence-corrected chi connectivity index (χ1v) is 9.06. The van der Waals surface area contributed by atoms with E-state index in [0.29, 0.717) is 0 Å². The van der Waals surface area contributed by atoms with Crippen molar-refractivity contribution in [2.24, 2.45) is 0 Å². The van der Waals surface area contributed by atoms with Crippen LogP contribution in [0, 0.1) is 0 Å². The quantitative estimate of drug-likeness (QED) is 0.403. The van der Waals surface area contributed by atoms with Crippen LogP contribution in [0.1, 0.15) is 0 Å². The predicted molar refractivity (Wildman–Crippen MR) is 106 cm³/mol. The van der Waals surface area contributed by atoms with Gasteiger partial charge in [-0.15, -0.1) is 0 Å². The van der Waals surface area contributed by atoms with Crippen LogP contribution >= 0.6 is 31.9 Å². The number of imidazole rings is 1. The molecule has 0 amide bonds. The summed E-state index contributed by atoms with van der Waals surface area (Å²) in [4.78, 5) is 4.77. The third kappa shape index (κ3) is 2.85. The predicted octanol–water partition coefficient (Wildman–Crippen LogP) is 6.29. The van der Waals surface area contributed by atoms with E-state index in [1.54, 1.807) is 0 Å². The molecule has 3 aromatic carbocycles. The number of nitrogens with zero attached hydrogens (tertiary/aromatic N) is 2. The molecule has 0 aliphatic carbocycles. The fraction of sp³-hybridized carbons (Fsp3) is 0. The first kappa shape index (κ1) is 15.4. The van der Waals surface area contributed by atoms with E-state index in [2.05, 4.69) is 53.9 Å². The highest BCUT2D eigenvalue weighted by atomic mass is 79.9. The lowest BCUT2D eigenvalue weighted by Gasteiger charge is -2.13. The minimum absolute atomic E-state index is 0.779. The third-order valence-electron chi connectivity index (χ3n) is 3.74. The van der Waals surface area contributed by atoms with Crippen LogP contribution in [0.4, 0.5) is 11.6 Å². The van der Waals surface area contributed by atoms with Crippen LogP contribution in [0.25, 0.3) is 16.7 Å². The van der Waals surface area contributed by atoms with Crippen molar-refractivity contribution in [1.82, 2.24) is 9.55 Å². The first-order chi connectivity index (χ1) is 11.7. The molecule has 0 aliphatic heterocycles. The summed E-state index contributed by atoms with van der Waals surface area (Å²) >= 11 is 7.22. The molecular formula is C19H13Br2N3. The SMILES string of the molecule is Brc1ccc(Br)c(-n2c(Nc3ccccc3)nc3ccccc32)c1. The molecule has 1 N–H and O–H groups in total. The van der Waals surface area contributed by atoms with Gasteiger partial charge in [-0.05, 0) is 58.4 Å². The van der Waals surface area contributed by atoms with Gasteiger partial charge in [0.15, 0.2) is 0 Å². The number of halogens is 2. The average molecular weight is 443 g/mol. The molecule has 0 bridgehead atoms. The topological polar surface area (TPSA) is 29.9 Å². The Morgan fingerprint density at radius 1 is 0.833 bits per heavy atom. The monoisotopic (exact) mass is 441 g/mol. The highest BCUT2D eigenvalue weighted by Crippen LogP contribution is 2.32. The van der Waals surface area contributed by atoms with Gasteiger partial charge >= 0.3 is 0 Å². The van der Waals surface area contributed by atoms with Gasteiger partial charge in [0.2, 0.25) is 5.95 Å². The van der Waals surface area contributed by atoms with Gasteiger partial charge < -0.3 is 5.32 Å². The van der Waals surface area contributed by atoms with Crippen molar-refractivity contribution in [1.29, 1.82) is 0 Å². The molecule has 0 atom stereocenters. The summed E-state index contributed by atoms with van der Waals surface area (Å²) in [5.41, 5.74) is 4.02. The van der Waals surface area contributed by atoms with Crippen LogP contribution in [0.3, 0.4) is 0 Å². The molecule has 118 valence electrons. The van der Waals surface area contributed by atoms with E-state index in [1.807, 2.05) is 60.7 Å². The Hall–Kier alpha value is -2.11. The number of hydrogen-bond donors (Lipinski definition) is 1. The van der Waals surface area contributed by atoms with Crippen molar-refractivity contribution in [3.05, 3.63) is 81.7 Å². The lowest BCUT2D eigenvalue weighted by molar-refractivity contribution is 1.09. The summed E-state index contributed by atoms with van der Waals surface area (Å²) in [7, 11) is 0. The van der Waals surface area contributed by atoms with Crippen LogP contribution in [0.2, 0.25) is 0 Å². The molecule has 24 heavy (non-hydrogen) atoms. The van der Waals surface area contributed by atoms with Gasteiger partial charge in [-0.2, -0.15) is 0 Å². The van der Waals surface area contributed by atoms with E-state index in [-0.39, 0.29) is 0 Å². The highest BCUT2D eigenvalue weighted by Gasteiger charge is 2.15. The number of nitrogens with one attached hydrogen (secondary N) is 1. The van der Waals surface area contributed by atoms with E-state index < -0.39 is 0 Å². The second-order valence-electron chi connectivity index (χ2n) is 5.35. The molecule has 0 radical (unpaired) electrons. The molecule has 0 saturated heterocycles. The maximum atomic E-state index is 4.77. The zero-order valence-corrected chi connectivity index (χ0v) is 15.8. The Morgan fingerprint density at radius 2 is 1.58 bits per heavy atom. The summed E-state index contributed by atoms with van der Waals surface area (Å²) in [5, 5.41) is 3.42. The van der Waals surface area contributed by atoms with Gasteiger partial charge in [-0.1, -0.05) is 46.3 Å². The average Bonchev–Trinajstić information content (AvgIpc) is 2.95. The number of hydrogen-bond acceptors (Lipinski definition) is 2. The summed E-state index contributed by atoms with van der Waals surface area (Å²) < 4.78 is 4.14. The van der Waals surface area contributed by atoms with Crippen molar-refractivity contribution >= 4 is 54.5 Å². The Kier molecular flexibility index (Phi) is 4.12. The minimum Gasteiger partial charge on any atom is -0.325 e. The van der Waals surface area contributed by atoms with E-state index in [9.17, 15) is 0 Å². The van der Waals surface area contributed by atoms with Gasteiger partial charge in [0, 0.05) is 14.6 Å². The number of aromatic nitrogens is 2. The first-order valence-electron chi connectivity index (χ1n) is 7.47. The van der Waals surface area contributed by atoms with E-state index in [4.69, 9.17) is 4.98 Å². The maximum absolute atomic E-state index is 4.77. The third-order valence-corrected chi connectivity index (χ3v) is 4.90. The van der Waals surface area contributed by atoms with Gasteiger partial charge in [0.1, 0.15) is 0 Å². The minimum atomic E-state index is 0.779. The standard InChI is InChI=1S/C19H13Br2N3/c20-13-10-11-15(21)18(12-13)24-17-9-5-4-8-16(17)23-19(24)22-14-6-2-1-3-7-14/h1-12H,(H,22,23). The normalized spacial score (nSPS) is 10.9. The fourth-order valence-corrected chi connectivity index (χ4v) is 3.43. The summed E-state index contributed by atoms with van der Waals surface area (Å²) in [6.45, 7) is 0. The largest absolute Gasteiger partial charge is 0.325 e. The number of benzene rings is 3. The molecule has 0 unspecified atom stereocenters. The van der Waals surface area contributed by atoms with Crippen LogP contribution < -0.4 is 5.32 Å². The Bertz CT molecular complexity index is 1010. The molecule has 3 nitrogen and oxygen atoms in total. The highest BCUT2D eigenvalue weighted by molar-refractivity contribution is 9.11. The van der Waals surface area contributed by atoms with E-state index in [0.717, 1.165) is 37.3 Å². The van der Waals surface area contributed by atoms with Gasteiger partial charge in [-0.3, -0.25) is 4.57 Å². The maximum Gasteiger partial charge on any atom is 0.213 e. The molecule has 1 heterocycles. The van der Waals surface area contributed by atoms with Crippen LogP contribution in [0.5, 0.6) is 0 Å². The summed E-state index contributed by atoms with van der Waals surface area (Å²) in [6, 6.07) is 24.3. The fourth-order valence-electron chi connectivity index (χ4n) is 2.66. The number of anilines is 2. The lowest BCUT2D eigenvalue weighted by atomic mass is 10.3. The van der Waals surface area contributed by atoms with Crippen molar-refractivity contribution in [2.45, 2.75) is 0 Å². The van der Waals surface area contributed by atoms with Crippen LogP contribution in [-0.2, 0) is 0 Å². The number of rotatable bonds is 3. The van der Waals surface area contributed by atoms with Crippen molar-refractivity contribution in [2.75, 3.05) is 5.32 Å². The van der Waals surface area contributed by atoms with Crippen LogP contribution in [0.15, 0.2) is 81.7 Å². The van der Waals surface area contributed by atoms with Crippen molar-refractivity contribution < 1.29 is 0 Å². The molecule has 0 saturated carbocycles. The molecular weight excluding hydrogens is 430 g/mol. The zero-order chi connectivity index (χ0) is 16.5.